The van der Waals surface area contributed by atoms with Crippen molar-refractivity contribution >= 4 is 28.6 Å². The van der Waals surface area contributed by atoms with Crippen LogP contribution < -0.4 is 0 Å². The van der Waals surface area contributed by atoms with Crippen molar-refractivity contribution in [2.45, 2.75) is 0 Å². The van der Waals surface area contributed by atoms with Crippen molar-refractivity contribution in [2.75, 3.05) is 39.5 Å². The second-order valence-corrected chi connectivity index (χ2v) is 5.46. The molecule has 1 aliphatic rings. The first kappa shape index (κ1) is 14.7. The molecule has 19 heavy (non-hydrogen) atoms. The number of ether oxygens (including phenoxy) is 2. The molecule has 0 radical (unpaired) electrons. The van der Waals surface area contributed by atoms with E-state index in [2.05, 4.69) is 4.90 Å². The van der Waals surface area contributed by atoms with E-state index in [9.17, 15) is 9.18 Å². The van der Waals surface area contributed by atoms with E-state index in [-0.39, 0.29) is 12.2 Å². The van der Waals surface area contributed by atoms with Gasteiger partial charge in [-0.15, -0.1) is 0 Å². The fourth-order valence-corrected chi connectivity index (χ4v) is 2.32. The number of nitrogens with zero attached hydrogens (tertiary/aromatic N) is 1. The van der Waals surface area contributed by atoms with Crippen molar-refractivity contribution < 1.29 is 18.7 Å². The van der Waals surface area contributed by atoms with E-state index in [1.54, 1.807) is 6.07 Å². The molecule has 6 heteroatoms. The van der Waals surface area contributed by atoms with E-state index >= 15 is 0 Å². The molecule has 0 aliphatic carbocycles. The third-order valence-electron chi connectivity index (χ3n) is 2.89. The van der Waals surface area contributed by atoms with Gasteiger partial charge < -0.3 is 9.47 Å². The Balaban J connectivity index is 1.82. The van der Waals surface area contributed by atoms with Crippen LogP contribution in [-0.4, -0.2) is 50.3 Å². The topological polar surface area (TPSA) is 38.8 Å². The molecule has 0 amide bonds. The van der Waals surface area contributed by atoms with Crippen molar-refractivity contribution in [3.63, 3.8) is 0 Å². The Kier molecular flexibility index (Phi) is 5.53. The summed E-state index contributed by atoms with van der Waals surface area (Å²) in [6.45, 7) is 4.02. The summed E-state index contributed by atoms with van der Waals surface area (Å²) in [7, 11) is 0. The van der Waals surface area contributed by atoms with Gasteiger partial charge in [0.05, 0.1) is 18.8 Å². The Bertz CT molecular complexity index is 450. The first-order chi connectivity index (χ1) is 9.16. The zero-order valence-corrected chi connectivity index (χ0v) is 12.6. The summed E-state index contributed by atoms with van der Waals surface area (Å²) >= 11 is 2.03. The van der Waals surface area contributed by atoms with Gasteiger partial charge in [-0.2, -0.15) is 0 Å². The van der Waals surface area contributed by atoms with Crippen LogP contribution in [0.25, 0.3) is 0 Å². The van der Waals surface area contributed by atoms with Crippen LogP contribution in [0.15, 0.2) is 18.2 Å². The number of morpholine rings is 1. The quantitative estimate of drug-likeness (QED) is 0.592. The lowest BCUT2D eigenvalue weighted by Gasteiger charge is -2.26. The summed E-state index contributed by atoms with van der Waals surface area (Å²) in [6, 6.07) is 4.38. The average molecular weight is 379 g/mol. The molecule has 1 heterocycles. The first-order valence-corrected chi connectivity index (χ1v) is 7.17. The molecular formula is C13H15FINO3. The SMILES string of the molecule is O=C(OCCN1CCOCC1)c1cc(I)ccc1F. The van der Waals surface area contributed by atoms with Gasteiger partial charge in [-0.05, 0) is 40.8 Å². The fraction of sp³-hybridized carbons (Fsp3) is 0.462. The monoisotopic (exact) mass is 379 g/mol. The molecule has 1 fully saturated rings. The molecule has 1 aromatic carbocycles. The van der Waals surface area contributed by atoms with E-state index in [0.29, 0.717) is 19.8 Å². The number of carbonyl (C=O) groups is 1. The van der Waals surface area contributed by atoms with Gasteiger partial charge in [-0.1, -0.05) is 0 Å². The van der Waals surface area contributed by atoms with Crippen molar-refractivity contribution in [3.05, 3.63) is 33.1 Å². The van der Waals surface area contributed by atoms with Gasteiger partial charge in [0.1, 0.15) is 12.4 Å². The number of rotatable bonds is 4. The Morgan fingerprint density at radius 1 is 1.42 bits per heavy atom. The minimum atomic E-state index is -0.607. The Labute approximate surface area is 125 Å². The molecular weight excluding hydrogens is 364 g/mol. The number of halogens is 2. The molecule has 1 aromatic rings. The van der Waals surface area contributed by atoms with Crippen LogP contribution in [0, 0.1) is 9.39 Å². The lowest BCUT2D eigenvalue weighted by atomic mass is 10.2. The fourth-order valence-electron chi connectivity index (χ4n) is 1.82. The highest BCUT2D eigenvalue weighted by molar-refractivity contribution is 14.1. The predicted octanol–water partition coefficient (Wildman–Crippen LogP) is 1.92. The second kappa shape index (κ2) is 7.16. The van der Waals surface area contributed by atoms with Crippen molar-refractivity contribution in [1.82, 2.24) is 4.90 Å². The average Bonchev–Trinajstić information content (AvgIpc) is 2.42. The maximum Gasteiger partial charge on any atom is 0.341 e. The molecule has 0 N–H and O–H groups in total. The summed E-state index contributed by atoms with van der Waals surface area (Å²) in [4.78, 5) is 13.9. The molecule has 104 valence electrons. The zero-order chi connectivity index (χ0) is 13.7. The molecule has 1 saturated heterocycles. The maximum absolute atomic E-state index is 13.5. The van der Waals surface area contributed by atoms with Crippen LogP contribution in [0.5, 0.6) is 0 Å². The van der Waals surface area contributed by atoms with E-state index < -0.39 is 11.8 Å². The molecule has 0 bridgehead atoms. The van der Waals surface area contributed by atoms with E-state index in [0.717, 1.165) is 16.7 Å². The van der Waals surface area contributed by atoms with Crippen molar-refractivity contribution in [1.29, 1.82) is 0 Å². The highest BCUT2D eigenvalue weighted by atomic mass is 127. The van der Waals surface area contributed by atoms with Gasteiger partial charge in [0.2, 0.25) is 0 Å². The third kappa shape index (κ3) is 4.39. The second-order valence-electron chi connectivity index (χ2n) is 4.21. The summed E-state index contributed by atoms with van der Waals surface area (Å²) in [6.07, 6.45) is 0. The molecule has 0 aromatic heterocycles. The van der Waals surface area contributed by atoms with Crippen LogP contribution in [0.4, 0.5) is 4.39 Å². The van der Waals surface area contributed by atoms with Crippen LogP contribution in [-0.2, 0) is 9.47 Å². The molecule has 0 saturated carbocycles. The zero-order valence-electron chi connectivity index (χ0n) is 10.4. The summed E-state index contributed by atoms with van der Waals surface area (Å²) < 4.78 is 24.6. The van der Waals surface area contributed by atoms with E-state index in [1.807, 2.05) is 22.6 Å². The van der Waals surface area contributed by atoms with Crippen molar-refractivity contribution in [3.8, 4) is 0 Å². The first-order valence-electron chi connectivity index (χ1n) is 6.09. The Morgan fingerprint density at radius 3 is 2.89 bits per heavy atom. The van der Waals surface area contributed by atoms with Gasteiger partial charge in [-0.3, -0.25) is 4.90 Å². The van der Waals surface area contributed by atoms with E-state index in [1.165, 1.54) is 12.1 Å². The smallest absolute Gasteiger partial charge is 0.341 e. The standard InChI is InChI=1S/C13H15FINO3/c14-12-2-1-10(15)9-11(12)13(17)19-8-5-16-3-6-18-7-4-16/h1-2,9H,3-8H2. The Morgan fingerprint density at radius 2 is 2.16 bits per heavy atom. The van der Waals surface area contributed by atoms with Gasteiger partial charge in [0, 0.05) is 23.2 Å². The maximum atomic E-state index is 13.5. The van der Waals surface area contributed by atoms with E-state index in [4.69, 9.17) is 9.47 Å². The summed E-state index contributed by atoms with van der Waals surface area (Å²) in [5, 5.41) is 0. The number of hydrogen-bond donors (Lipinski definition) is 0. The molecule has 0 spiro atoms. The van der Waals surface area contributed by atoms with Crippen LogP contribution in [0.2, 0.25) is 0 Å². The molecule has 0 unspecified atom stereocenters. The van der Waals surface area contributed by atoms with Gasteiger partial charge in [0.15, 0.2) is 0 Å². The van der Waals surface area contributed by atoms with Gasteiger partial charge in [0.25, 0.3) is 0 Å². The molecule has 1 aliphatic heterocycles. The molecule has 4 nitrogen and oxygen atoms in total. The third-order valence-corrected chi connectivity index (χ3v) is 3.56. The highest BCUT2D eigenvalue weighted by Crippen LogP contribution is 2.13. The van der Waals surface area contributed by atoms with Gasteiger partial charge >= 0.3 is 5.97 Å². The van der Waals surface area contributed by atoms with Crippen molar-refractivity contribution in [2.24, 2.45) is 0 Å². The van der Waals surface area contributed by atoms with Crippen LogP contribution in [0.1, 0.15) is 10.4 Å². The number of esters is 1. The van der Waals surface area contributed by atoms with Crippen LogP contribution in [0.3, 0.4) is 0 Å². The number of hydrogen-bond acceptors (Lipinski definition) is 4. The number of benzene rings is 1. The minimum Gasteiger partial charge on any atom is -0.461 e. The molecule has 0 atom stereocenters. The normalized spacial score (nSPS) is 16.3. The predicted molar refractivity (Wildman–Crippen MR) is 76.7 cm³/mol. The highest BCUT2D eigenvalue weighted by Gasteiger charge is 2.15. The van der Waals surface area contributed by atoms with Gasteiger partial charge in [-0.25, -0.2) is 9.18 Å². The summed E-state index contributed by atoms with van der Waals surface area (Å²) in [5.41, 5.74) is -0.00567. The lowest BCUT2D eigenvalue weighted by Crippen LogP contribution is -2.38. The lowest BCUT2D eigenvalue weighted by molar-refractivity contribution is 0.0194. The number of carbonyl (C=O) groups excluding carboxylic acids is 1. The summed E-state index contributed by atoms with van der Waals surface area (Å²) in [5.74, 6) is -1.15. The largest absolute Gasteiger partial charge is 0.461 e. The molecule has 2 rings (SSSR count). The van der Waals surface area contributed by atoms with Crippen LogP contribution >= 0.6 is 22.6 Å². The Hall–Kier alpha value is -0.730. The minimum absolute atomic E-state index is 0.00567.